The van der Waals surface area contributed by atoms with E-state index in [-0.39, 0.29) is 0 Å². The Hall–Kier alpha value is -3.93. The summed E-state index contributed by atoms with van der Waals surface area (Å²) in [4.78, 5) is 30.4. The fraction of sp³-hybridized carbons (Fsp3) is 0.292. The lowest BCUT2D eigenvalue weighted by Gasteiger charge is -2.18. The van der Waals surface area contributed by atoms with E-state index in [9.17, 15) is 15.0 Å². The van der Waals surface area contributed by atoms with Crippen molar-refractivity contribution >= 4 is 22.9 Å². The SMILES string of the molecule is CNC(=O)[C@H]1N[C@@H](n2cnc3c(NCc4ccccc4)nc(-c4cncc(C)c4)nc32)[C@H](O)[C@@H]1O. The second kappa shape index (κ2) is 9.37. The first-order valence-corrected chi connectivity index (χ1v) is 11.2. The summed E-state index contributed by atoms with van der Waals surface area (Å²) in [5, 5.41) is 30.0. The first-order valence-electron chi connectivity index (χ1n) is 11.2. The van der Waals surface area contributed by atoms with Crippen LogP contribution in [0.1, 0.15) is 17.3 Å². The largest absolute Gasteiger partial charge is 0.388 e. The number of nitrogens with one attached hydrogen (secondary N) is 3. The van der Waals surface area contributed by atoms with Gasteiger partial charge in [0, 0.05) is 31.5 Å². The second-order valence-corrected chi connectivity index (χ2v) is 8.49. The van der Waals surface area contributed by atoms with Gasteiger partial charge >= 0.3 is 0 Å². The molecule has 0 radical (unpaired) electrons. The molecule has 4 atom stereocenters. The molecule has 11 heteroatoms. The van der Waals surface area contributed by atoms with Crippen LogP contribution in [-0.4, -0.2) is 65.9 Å². The summed E-state index contributed by atoms with van der Waals surface area (Å²) < 4.78 is 1.62. The predicted octanol–water partition coefficient (Wildman–Crippen LogP) is 0.747. The number of carbonyl (C=O) groups excluding carboxylic acids is 1. The van der Waals surface area contributed by atoms with Crippen LogP contribution in [0.4, 0.5) is 5.82 Å². The normalized spacial score (nSPS) is 21.8. The third-order valence-electron chi connectivity index (χ3n) is 6.05. The van der Waals surface area contributed by atoms with Gasteiger partial charge in [-0.05, 0) is 24.1 Å². The van der Waals surface area contributed by atoms with E-state index in [4.69, 9.17) is 9.97 Å². The lowest BCUT2D eigenvalue weighted by Crippen LogP contribution is -2.45. The first kappa shape index (κ1) is 22.8. The first-order chi connectivity index (χ1) is 17.0. The molecule has 1 saturated heterocycles. The van der Waals surface area contributed by atoms with Gasteiger partial charge < -0.3 is 20.8 Å². The summed E-state index contributed by atoms with van der Waals surface area (Å²) in [5.74, 6) is 0.529. The van der Waals surface area contributed by atoms with E-state index in [0.29, 0.717) is 29.4 Å². The fourth-order valence-corrected chi connectivity index (χ4v) is 4.23. The number of aliphatic hydroxyl groups excluding tert-OH is 2. The van der Waals surface area contributed by atoms with Crippen molar-refractivity contribution in [3.05, 3.63) is 66.2 Å². The number of aryl methyl sites for hydroxylation is 1. The number of benzene rings is 1. The van der Waals surface area contributed by atoms with Crippen LogP contribution in [-0.2, 0) is 11.3 Å². The number of hydrogen-bond acceptors (Lipinski definition) is 9. The number of fused-ring (bicyclic) bond motifs is 1. The van der Waals surface area contributed by atoms with Gasteiger partial charge in [-0.1, -0.05) is 30.3 Å². The fourth-order valence-electron chi connectivity index (χ4n) is 4.23. The highest BCUT2D eigenvalue weighted by molar-refractivity contribution is 5.86. The summed E-state index contributed by atoms with van der Waals surface area (Å²) in [6, 6.07) is 10.9. The Labute approximate surface area is 201 Å². The van der Waals surface area contributed by atoms with E-state index in [1.54, 1.807) is 17.0 Å². The van der Waals surface area contributed by atoms with Crippen LogP contribution in [0.15, 0.2) is 55.1 Å². The number of hydrogen-bond donors (Lipinski definition) is 5. The van der Waals surface area contributed by atoms with E-state index >= 15 is 0 Å². The van der Waals surface area contributed by atoms with Crippen molar-refractivity contribution in [3.8, 4) is 11.4 Å². The van der Waals surface area contributed by atoms with Crippen LogP contribution < -0.4 is 16.0 Å². The number of aliphatic hydroxyl groups is 2. The third kappa shape index (κ3) is 4.32. The quantitative estimate of drug-likeness (QED) is 0.273. The van der Waals surface area contributed by atoms with Crippen LogP contribution in [0.2, 0.25) is 0 Å². The molecule has 1 fully saturated rings. The Morgan fingerprint density at radius 1 is 1.14 bits per heavy atom. The van der Waals surface area contributed by atoms with Crippen molar-refractivity contribution < 1.29 is 15.0 Å². The molecule has 0 saturated carbocycles. The van der Waals surface area contributed by atoms with Crippen LogP contribution >= 0.6 is 0 Å². The van der Waals surface area contributed by atoms with E-state index in [1.165, 1.54) is 13.4 Å². The van der Waals surface area contributed by atoms with Crippen LogP contribution in [0, 0.1) is 6.92 Å². The van der Waals surface area contributed by atoms with Gasteiger partial charge in [-0.15, -0.1) is 0 Å². The van der Waals surface area contributed by atoms with Gasteiger partial charge in [0.15, 0.2) is 22.8 Å². The number of anilines is 1. The standard InChI is InChI=1S/C24H26N8O3/c1-13-8-15(11-26-9-13)20-30-21(27-10-14-6-4-3-5-7-14)17-22(31-20)32(12-28-17)23-19(34)18(33)16(29-23)24(35)25-2/h3-9,11-12,16,18-19,23,29,33-34H,10H2,1-2H3,(H,25,35)(H,27,30,31)/t16-,18+,19+,23-/m0/s1. The summed E-state index contributed by atoms with van der Waals surface area (Å²) in [6.07, 6.45) is 1.58. The molecule has 180 valence electrons. The molecule has 11 nitrogen and oxygen atoms in total. The molecular weight excluding hydrogens is 448 g/mol. The van der Waals surface area contributed by atoms with Gasteiger partial charge in [0.05, 0.1) is 6.33 Å². The van der Waals surface area contributed by atoms with Gasteiger partial charge in [-0.25, -0.2) is 15.0 Å². The average molecular weight is 475 g/mol. The molecule has 1 aromatic carbocycles. The maximum atomic E-state index is 12.2. The highest BCUT2D eigenvalue weighted by Gasteiger charge is 2.45. The van der Waals surface area contributed by atoms with Crippen molar-refractivity contribution in [2.24, 2.45) is 0 Å². The maximum Gasteiger partial charge on any atom is 0.239 e. The molecule has 1 aliphatic rings. The molecule has 5 N–H and O–H groups in total. The average Bonchev–Trinajstić information content (AvgIpc) is 3.43. The second-order valence-electron chi connectivity index (χ2n) is 8.49. The monoisotopic (exact) mass is 474 g/mol. The minimum absolute atomic E-state index is 0.421. The maximum absolute atomic E-state index is 12.2. The highest BCUT2D eigenvalue weighted by Crippen LogP contribution is 2.30. The summed E-state index contributed by atoms with van der Waals surface area (Å²) in [6.45, 7) is 2.46. The molecule has 0 unspecified atom stereocenters. The lowest BCUT2D eigenvalue weighted by atomic mass is 10.1. The van der Waals surface area contributed by atoms with Crippen LogP contribution in [0.3, 0.4) is 0 Å². The summed E-state index contributed by atoms with van der Waals surface area (Å²) in [5.41, 5.74) is 3.70. The van der Waals surface area contributed by atoms with Gasteiger partial charge in [-0.2, -0.15) is 0 Å². The number of nitrogens with zero attached hydrogens (tertiary/aromatic N) is 5. The number of aromatic nitrogens is 5. The number of pyridine rings is 1. The molecule has 35 heavy (non-hydrogen) atoms. The van der Waals surface area contributed by atoms with Gasteiger partial charge in [0.25, 0.3) is 0 Å². The Balaban J connectivity index is 1.58. The summed E-state index contributed by atoms with van der Waals surface area (Å²) >= 11 is 0. The molecule has 3 aromatic heterocycles. The zero-order chi connectivity index (χ0) is 24.5. The molecule has 0 bridgehead atoms. The van der Waals surface area contributed by atoms with Crippen molar-refractivity contribution in [2.45, 2.75) is 37.9 Å². The van der Waals surface area contributed by atoms with E-state index < -0.39 is 30.3 Å². The molecule has 4 aromatic rings. The van der Waals surface area contributed by atoms with E-state index in [2.05, 4.69) is 25.9 Å². The molecule has 1 amide bonds. The minimum Gasteiger partial charge on any atom is -0.388 e. The smallest absolute Gasteiger partial charge is 0.239 e. The molecule has 4 heterocycles. The Morgan fingerprint density at radius 3 is 2.69 bits per heavy atom. The van der Waals surface area contributed by atoms with Crippen molar-refractivity contribution in [2.75, 3.05) is 12.4 Å². The molecule has 1 aliphatic heterocycles. The number of rotatable bonds is 6. The Kier molecular flexibility index (Phi) is 6.12. The molecule has 5 rings (SSSR count). The summed E-state index contributed by atoms with van der Waals surface area (Å²) in [7, 11) is 1.48. The van der Waals surface area contributed by atoms with Crippen molar-refractivity contribution in [1.82, 2.24) is 35.1 Å². The van der Waals surface area contributed by atoms with Crippen LogP contribution in [0.5, 0.6) is 0 Å². The van der Waals surface area contributed by atoms with Gasteiger partial charge in [-0.3, -0.25) is 19.7 Å². The number of likely N-dealkylation sites (N-methyl/N-ethyl adjacent to an activating group) is 1. The Bertz CT molecular complexity index is 1360. The molecular formula is C24H26N8O3. The highest BCUT2D eigenvalue weighted by atomic mass is 16.3. The minimum atomic E-state index is -1.30. The number of carbonyl (C=O) groups is 1. The number of amides is 1. The van der Waals surface area contributed by atoms with E-state index in [0.717, 1.165) is 16.7 Å². The zero-order valence-electron chi connectivity index (χ0n) is 19.3. The van der Waals surface area contributed by atoms with E-state index in [1.807, 2.05) is 43.3 Å². The van der Waals surface area contributed by atoms with Crippen molar-refractivity contribution in [3.63, 3.8) is 0 Å². The molecule has 0 spiro atoms. The number of imidazole rings is 1. The van der Waals surface area contributed by atoms with Crippen molar-refractivity contribution in [1.29, 1.82) is 0 Å². The van der Waals surface area contributed by atoms with Gasteiger partial charge in [0.2, 0.25) is 5.91 Å². The van der Waals surface area contributed by atoms with Gasteiger partial charge in [0.1, 0.15) is 24.4 Å². The lowest BCUT2D eigenvalue weighted by molar-refractivity contribution is -0.125. The van der Waals surface area contributed by atoms with Crippen LogP contribution in [0.25, 0.3) is 22.6 Å². The third-order valence-corrected chi connectivity index (χ3v) is 6.05. The topological polar surface area (TPSA) is 150 Å². The Morgan fingerprint density at radius 2 is 1.94 bits per heavy atom. The predicted molar refractivity (Wildman–Crippen MR) is 129 cm³/mol. The molecule has 0 aliphatic carbocycles. The zero-order valence-corrected chi connectivity index (χ0v) is 19.3.